The van der Waals surface area contributed by atoms with Gasteiger partial charge in [0.15, 0.2) is 0 Å². The van der Waals surface area contributed by atoms with Crippen LogP contribution in [-0.2, 0) is 15.6 Å². The highest BCUT2D eigenvalue weighted by atomic mass is 16.1. The summed E-state index contributed by atoms with van der Waals surface area (Å²) in [6.45, 7) is 11.7. The van der Waals surface area contributed by atoms with E-state index in [1.165, 1.54) is 35.1 Å². The van der Waals surface area contributed by atoms with Crippen LogP contribution in [0.2, 0.25) is 0 Å². The van der Waals surface area contributed by atoms with E-state index in [2.05, 4.69) is 71.0 Å². The maximum absolute atomic E-state index is 10.7. The minimum Gasteiger partial charge on any atom is -0.299 e. The Morgan fingerprint density at radius 1 is 0.923 bits per heavy atom. The molecule has 3 rings (SSSR count). The molecule has 0 bridgehead atoms. The molecule has 1 atom stereocenters. The van der Waals surface area contributed by atoms with E-state index in [-0.39, 0.29) is 16.7 Å². The first-order chi connectivity index (χ1) is 12.3. The van der Waals surface area contributed by atoms with Crippen molar-refractivity contribution < 1.29 is 4.79 Å². The van der Waals surface area contributed by atoms with E-state index in [0.29, 0.717) is 0 Å². The van der Waals surface area contributed by atoms with Gasteiger partial charge in [-0.25, -0.2) is 0 Å². The lowest BCUT2D eigenvalue weighted by Crippen LogP contribution is -2.34. The van der Waals surface area contributed by atoms with Crippen LogP contribution in [0.25, 0.3) is 6.08 Å². The van der Waals surface area contributed by atoms with Crippen LogP contribution in [0.5, 0.6) is 0 Å². The van der Waals surface area contributed by atoms with Crippen molar-refractivity contribution in [3.63, 3.8) is 0 Å². The Balaban J connectivity index is 2.07. The van der Waals surface area contributed by atoms with Gasteiger partial charge in [0.1, 0.15) is 6.29 Å². The average Bonchev–Trinajstić information content (AvgIpc) is 2.63. The lowest BCUT2D eigenvalue weighted by molar-refractivity contribution is -0.104. The lowest BCUT2D eigenvalue weighted by Gasteiger charge is -2.42. The van der Waals surface area contributed by atoms with Gasteiger partial charge in [0.25, 0.3) is 0 Å². The summed E-state index contributed by atoms with van der Waals surface area (Å²) >= 11 is 0. The maximum atomic E-state index is 10.7. The number of allylic oxidation sites excluding steroid dienone is 1. The normalized spacial score (nSPS) is 19.1. The predicted molar refractivity (Wildman–Crippen MR) is 111 cm³/mol. The number of fused-ring (bicyclic) bond motifs is 1. The van der Waals surface area contributed by atoms with Crippen molar-refractivity contribution in [3.05, 3.63) is 76.4 Å². The molecule has 0 saturated heterocycles. The second kappa shape index (κ2) is 6.87. The monoisotopic (exact) mass is 346 g/mol. The van der Waals surface area contributed by atoms with E-state index in [9.17, 15) is 4.79 Å². The zero-order chi connectivity index (χ0) is 18.9. The van der Waals surface area contributed by atoms with E-state index < -0.39 is 0 Å². The molecular formula is C25H30O. The first kappa shape index (κ1) is 18.6. The van der Waals surface area contributed by atoms with Gasteiger partial charge in [-0.1, -0.05) is 83.2 Å². The highest BCUT2D eigenvalue weighted by Gasteiger charge is 2.37. The second-order valence-corrected chi connectivity index (χ2v) is 8.92. The van der Waals surface area contributed by atoms with Gasteiger partial charge in [0.05, 0.1) is 0 Å². The highest BCUT2D eigenvalue weighted by Crippen LogP contribution is 2.46. The Morgan fingerprint density at radius 3 is 2.27 bits per heavy atom. The van der Waals surface area contributed by atoms with Gasteiger partial charge < -0.3 is 0 Å². The molecule has 136 valence electrons. The van der Waals surface area contributed by atoms with Gasteiger partial charge in [-0.2, -0.15) is 0 Å². The molecule has 0 spiro atoms. The van der Waals surface area contributed by atoms with Gasteiger partial charge >= 0.3 is 0 Å². The van der Waals surface area contributed by atoms with Gasteiger partial charge in [-0.3, -0.25) is 4.79 Å². The second-order valence-electron chi connectivity index (χ2n) is 8.92. The maximum Gasteiger partial charge on any atom is 0.142 e. The Bertz CT molecular complexity index is 839. The van der Waals surface area contributed by atoms with Gasteiger partial charge in [-0.15, -0.1) is 0 Å². The number of aldehydes is 1. The first-order valence-electron chi connectivity index (χ1n) is 9.62. The van der Waals surface area contributed by atoms with Crippen molar-refractivity contribution in [1.82, 2.24) is 0 Å². The third-order valence-corrected chi connectivity index (χ3v) is 6.19. The van der Waals surface area contributed by atoms with Crippen LogP contribution < -0.4 is 0 Å². The largest absolute Gasteiger partial charge is 0.299 e. The zero-order valence-electron chi connectivity index (χ0n) is 16.7. The number of rotatable bonds is 4. The van der Waals surface area contributed by atoms with E-state index in [1.807, 2.05) is 12.1 Å². The molecule has 1 nitrogen and oxygen atoms in total. The molecule has 26 heavy (non-hydrogen) atoms. The summed E-state index contributed by atoms with van der Waals surface area (Å²) in [5.74, 6) is 0.286. The van der Waals surface area contributed by atoms with E-state index in [1.54, 1.807) is 6.08 Å². The summed E-state index contributed by atoms with van der Waals surface area (Å²) in [7, 11) is 0. The Morgan fingerprint density at radius 2 is 1.58 bits per heavy atom. The minimum atomic E-state index is 0.220. The number of hydrogen-bond acceptors (Lipinski definition) is 1. The fraction of sp³-hybridized carbons (Fsp3) is 0.400. The molecule has 1 unspecified atom stereocenters. The van der Waals surface area contributed by atoms with Crippen LogP contribution in [0.1, 0.15) is 81.2 Å². The topological polar surface area (TPSA) is 17.1 Å². The predicted octanol–water partition coefficient (Wildman–Crippen LogP) is 6.40. The lowest BCUT2D eigenvalue weighted by atomic mass is 9.62. The molecular weight excluding hydrogens is 316 g/mol. The SMILES string of the molecule is CC(c1ccc2c(c1)C(C)(C)CCC2(C)C)c1ccccc1/C=C/C=O. The summed E-state index contributed by atoms with van der Waals surface area (Å²) in [6.07, 6.45) is 6.78. The van der Waals surface area contributed by atoms with Gasteiger partial charge in [0.2, 0.25) is 0 Å². The molecule has 1 aliphatic rings. The van der Waals surface area contributed by atoms with Crippen LogP contribution in [-0.4, -0.2) is 6.29 Å². The van der Waals surface area contributed by atoms with Crippen LogP contribution >= 0.6 is 0 Å². The van der Waals surface area contributed by atoms with Crippen molar-refractivity contribution in [2.75, 3.05) is 0 Å². The molecule has 0 fully saturated rings. The summed E-state index contributed by atoms with van der Waals surface area (Å²) in [5.41, 5.74) is 7.19. The number of benzene rings is 2. The average molecular weight is 347 g/mol. The molecule has 1 aliphatic carbocycles. The summed E-state index contributed by atoms with van der Waals surface area (Å²) in [4.78, 5) is 10.7. The van der Waals surface area contributed by atoms with Crippen molar-refractivity contribution >= 4 is 12.4 Å². The van der Waals surface area contributed by atoms with Crippen molar-refractivity contribution in [3.8, 4) is 0 Å². The molecule has 2 aromatic carbocycles. The smallest absolute Gasteiger partial charge is 0.142 e. The summed E-state index contributed by atoms with van der Waals surface area (Å²) in [5, 5.41) is 0. The summed E-state index contributed by atoms with van der Waals surface area (Å²) in [6, 6.07) is 15.4. The molecule has 1 heteroatoms. The van der Waals surface area contributed by atoms with E-state index in [4.69, 9.17) is 0 Å². The minimum absolute atomic E-state index is 0.220. The number of carbonyl (C=O) groups is 1. The number of hydrogen-bond donors (Lipinski definition) is 0. The first-order valence-corrected chi connectivity index (χ1v) is 9.62. The fourth-order valence-electron chi connectivity index (χ4n) is 4.26. The Kier molecular flexibility index (Phi) is 4.92. The van der Waals surface area contributed by atoms with Crippen LogP contribution in [0.4, 0.5) is 0 Å². The molecule has 0 heterocycles. The number of carbonyl (C=O) groups excluding carboxylic acids is 1. The van der Waals surface area contributed by atoms with Crippen LogP contribution in [0.3, 0.4) is 0 Å². The van der Waals surface area contributed by atoms with E-state index in [0.717, 1.165) is 11.8 Å². The quantitative estimate of drug-likeness (QED) is 0.462. The highest BCUT2D eigenvalue weighted by molar-refractivity contribution is 5.74. The third-order valence-electron chi connectivity index (χ3n) is 6.19. The summed E-state index contributed by atoms with van der Waals surface area (Å²) < 4.78 is 0. The van der Waals surface area contributed by atoms with E-state index >= 15 is 0 Å². The molecule has 0 aromatic heterocycles. The molecule has 0 saturated carbocycles. The molecule has 0 aliphatic heterocycles. The van der Waals surface area contributed by atoms with Crippen molar-refractivity contribution in [2.24, 2.45) is 0 Å². The van der Waals surface area contributed by atoms with Crippen molar-refractivity contribution in [2.45, 2.75) is 64.2 Å². The zero-order valence-corrected chi connectivity index (χ0v) is 16.7. The van der Waals surface area contributed by atoms with Gasteiger partial charge in [0, 0.05) is 5.92 Å². The van der Waals surface area contributed by atoms with Crippen LogP contribution in [0, 0.1) is 0 Å². The van der Waals surface area contributed by atoms with Gasteiger partial charge in [-0.05, 0) is 57.6 Å². The standard InChI is InChI=1S/C25H30O/c1-18(21-11-7-6-9-19(21)10-8-16-26)20-12-13-22-23(17-20)25(4,5)15-14-24(22,2)3/h6-13,16-18H,14-15H2,1-5H3/b10-8+. The van der Waals surface area contributed by atoms with Crippen LogP contribution in [0.15, 0.2) is 48.5 Å². The molecule has 0 N–H and O–H groups in total. The molecule has 2 aromatic rings. The van der Waals surface area contributed by atoms with Crippen molar-refractivity contribution in [1.29, 1.82) is 0 Å². The Hall–Kier alpha value is -2.15. The fourth-order valence-corrected chi connectivity index (χ4v) is 4.26. The molecule has 0 radical (unpaired) electrons. The molecule has 0 amide bonds. The Labute approximate surface area is 158 Å². The third kappa shape index (κ3) is 3.40.